The van der Waals surface area contributed by atoms with Gasteiger partial charge in [0, 0.05) is 0 Å². The smallest absolute Gasteiger partial charge is 0.744 e. The molecule has 0 heterocycles. The van der Waals surface area contributed by atoms with E-state index in [1.54, 1.807) is 36.4 Å². The molecular weight excluding hydrogens is 303 g/mol. The first-order valence-corrected chi connectivity index (χ1v) is 6.86. The molecule has 0 radical (unpaired) electrons. The van der Waals surface area contributed by atoms with Crippen molar-refractivity contribution >= 4 is 16.9 Å². The Labute approximate surface area is 146 Å². The van der Waals surface area contributed by atoms with Crippen molar-refractivity contribution in [2.75, 3.05) is 0 Å². The Bertz CT molecular complexity index is 597. The Morgan fingerprint density at radius 3 is 1.67 bits per heavy atom. The molecule has 0 aromatic heterocycles. The molecule has 0 atom stereocenters. The van der Waals surface area contributed by atoms with Gasteiger partial charge in [0.25, 0.3) is 0 Å². The zero-order chi connectivity index (χ0) is 15.6. The van der Waals surface area contributed by atoms with Crippen molar-refractivity contribution in [1.29, 1.82) is 0 Å². The fourth-order valence-electron chi connectivity index (χ4n) is 1.13. The molecule has 2 aromatic rings. The molecule has 0 aliphatic rings. The standard InChI is InChI=1S/C7H8O3S.C6H6O.CH2O.Na/c1-6-2-4-7(5-3-6)11(8,9)10;7-6-4-2-1-3-5-6;1-2;/h2-5H,1H3,(H,8,9,10);1-5,7H;1H2;/q;;;+1/p-1. The SMILES string of the molecule is C=O.Cc1ccc(S(=O)(=O)[O-])cc1.Oc1ccccc1.[Na+]. The van der Waals surface area contributed by atoms with Crippen LogP contribution < -0.4 is 29.6 Å². The van der Waals surface area contributed by atoms with E-state index in [1.165, 1.54) is 12.1 Å². The van der Waals surface area contributed by atoms with Crippen LogP contribution >= 0.6 is 0 Å². The van der Waals surface area contributed by atoms with Crippen LogP contribution in [0, 0.1) is 6.92 Å². The molecule has 0 spiro atoms. The van der Waals surface area contributed by atoms with E-state index in [0.29, 0.717) is 5.75 Å². The molecule has 0 unspecified atom stereocenters. The van der Waals surface area contributed by atoms with Crippen molar-refractivity contribution in [2.45, 2.75) is 11.8 Å². The number of aryl methyl sites for hydroxylation is 1. The van der Waals surface area contributed by atoms with Gasteiger partial charge in [0.1, 0.15) is 22.7 Å². The molecule has 0 aliphatic carbocycles. The van der Waals surface area contributed by atoms with Crippen molar-refractivity contribution in [1.82, 2.24) is 0 Å². The third-order valence-electron chi connectivity index (χ3n) is 2.07. The van der Waals surface area contributed by atoms with Crippen LogP contribution in [0.3, 0.4) is 0 Å². The zero-order valence-electron chi connectivity index (χ0n) is 11.9. The van der Waals surface area contributed by atoms with E-state index < -0.39 is 10.1 Å². The minimum atomic E-state index is -4.27. The van der Waals surface area contributed by atoms with Gasteiger partial charge >= 0.3 is 29.6 Å². The van der Waals surface area contributed by atoms with Crippen LogP contribution in [0.15, 0.2) is 59.5 Å². The van der Waals surface area contributed by atoms with Crippen LogP contribution in [0.2, 0.25) is 0 Å². The summed E-state index contributed by atoms with van der Waals surface area (Å²) in [7, 11) is -4.27. The second kappa shape index (κ2) is 11.5. The quantitative estimate of drug-likeness (QED) is 0.544. The average molecular weight is 318 g/mol. The summed E-state index contributed by atoms with van der Waals surface area (Å²) in [5, 5.41) is 8.63. The third kappa shape index (κ3) is 10.2. The fraction of sp³-hybridized carbons (Fsp3) is 0.0714. The summed E-state index contributed by atoms with van der Waals surface area (Å²) >= 11 is 0. The summed E-state index contributed by atoms with van der Waals surface area (Å²) in [4.78, 5) is 7.82. The minimum Gasteiger partial charge on any atom is -0.744 e. The molecule has 0 bridgehead atoms. The van der Waals surface area contributed by atoms with Crippen LogP contribution in [-0.2, 0) is 14.9 Å². The van der Waals surface area contributed by atoms with Gasteiger partial charge in [-0.2, -0.15) is 0 Å². The Kier molecular flexibility index (Phi) is 12.1. The number of aromatic hydroxyl groups is 1. The van der Waals surface area contributed by atoms with Crippen LogP contribution in [0.4, 0.5) is 0 Å². The zero-order valence-corrected chi connectivity index (χ0v) is 14.7. The van der Waals surface area contributed by atoms with Gasteiger partial charge in [0.15, 0.2) is 0 Å². The maximum absolute atomic E-state index is 10.4. The molecule has 0 aliphatic heterocycles. The molecule has 0 saturated heterocycles. The summed E-state index contributed by atoms with van der Waals surface area (Å²) in [5.41, 5.74) is 0.928. The number of phenols is 1. The minimum absolute atomic E-state index is 0. The van der Waals surface area contributed by atoms with Gasteiger partial charge in [0.2, 0.25) is 0 Å². The van der Waals surface area contributed by atoms with Crippen molar-refractivity contribution in [3.8, 4) is 5.75 Å². The van der Waals surface area contributed by atoms with Gasteiger partial charge < -0.3 is 14.5 Å². The first kappa shape index (κ1) is 22.1. The average Bonchev–Trinajstić information content (AvgIpc) is 2.42. The van der Waals surface area contributed by atoms with Crippen molar-refractivity contribution in [3.05, 3.63) is 60.2 Å². The molecular formula is C14H15NaO5S. The van der Waals surface area contributed by atoms with Gasteiger partial charge in [-0.05, 0) is 31.2 Å². The molecule has 108 valence electrons. The molecule has 1 N–H and O–H groups in total. The normalized spacial score (nSPS) is 9.05. The second-order valence-corrected chi connectivity index (χ2v) is 4.98. The number of phenolic OH excluding ortho intramolecular Hbond substituents is 1. The maximum atomic E-state index is 10.4. The monoisotopic (exact) mass is 318 g/mol. The van der Waals surface area contributed by atoms with Crippen molar-refractivity contribution in [3.63, 3.8) is 0 Å². The van der Waals surface area contributed by atoms with Gasteiger partial charge in [-0.25, -0.2) is 8.42 Å². The largest absolute Gasteiger partial charge is 1.00 e. The van der Waals surface area contributed by atoms with E-state index in [1.807, 2.05) is 19.8 Å². The van der Waals surface area contributed by atoms with Crippen LogP contribution in [0.5, 0.6) is 5.75 Å². The topological polar surface area (TPSA) is 94.5 Å². The number of rotatable bonds is 1. The predicted molar refractivity (Wildman–Crippen MR) is 74.4 cm³/mol. The number of hydrogen-bond donors (Lipinski definition) is 1. The van der Waals surface area contributed by atoms with Gasteiger partial charge in [0.05, 0.1) is 4.90 Å². The summed E-state index contributed by atoms with van der Waals surface area (Å²) < 4.78 is 31.2. The summed E-state index contributed by atoms with van der Waals surface area (Å²) in [5.74, 6) is 0.322. The van der Waals surface area contributed by atoms with E-state index in [9.17, 15) is 13.0 Å². The third-order valence-corrected chi connectivity index (χ3v) is 2.92. The van der Waals surface area contributed by atoms with E-state index in [4.69, 9.17) is 9.90 Å². The Morgan fingerprint density at radius 2 is 1.38 bits per heavy atom. The Hall–Kier alpha value is -1.18. The first-order chi connectivity index (χ1) is 9.39. The molecule has 0 saturated carbocycles. The van der Waals surface area contributed by atoms with E-state index in [-0.39, 0.29) is 34.5 Å². The molecule has 7 heteroatoms. The van der Waals surface area contributed by atoms with Crippen LogP contribution in [0.1, 0.15) is 5.56 Å². The Morgan fingerprint density at radius 1 is 0.952 bits per heavy atom. The van der Waals surface area contributed by atoms with Gasteiger partial charge in [-0.3, -0.25) is 0 Å². The Balaban J connectivity index is 0. The first-order valence-electron chi connectivity index (χ1n) is 5.45. The second-order valence-electron chi connectivity index (χ2n) is 3.60. The fourth-order valence-corrected chi connectivity index (χ4v) is 1.60. The molecule has 0 amide bonds. The predicted octanol–water partition coefficient (Wildman–Crippen LogP) is -0.890. The van der Waals surface area contributed by atoms with Gasteiger partial charge in [-0.1, -0.05) is 35.9 Å². The molecule has 0 fully saturated rings. The summed E-state index contributed by atoms with van der Waals surface area (Å²) in [6.45, 7) is 3.82. The number of carbonyl (C=O) groups is 1. The summed E-state index contributed by atoms with van der Waals surface area (Å²) in [6.07, 6.45) is 0. The van der Waals surface area contributed by atoms with E-state index in [2.05, 4.69) is 0 Å². The molecule has 2 rings (SSSR count). The summed E-state index contributed by atoms with van der Waals surface area (Å²) in [6, 6.07) is 14.5. The van der Waals surface area contributed by atoms with Crippen LogP contribution in [-0.4, -0.2) is 24.9 Å². The number of hydrogen-bond acceptors (Lipinski definition) is 5. The molecule has 5 nitrogen and oxygen atoms in total. The number of para-hydroxylation sites is 1. The maximum Gasteiger partial charge on any atom is 1.00 e. The van der Waals surface area contributed by atoms with Crippen molar-refractivity contribution < 1.29 is 52.4 Å². The number of benzene rings is 2. The van der Waals surface area contributed by atoms with Gasteiger partial charge in [-0.15, -0.1) is 0 Å². The molecule has 21 heavy (non-hydrogen) atoms. The molecule has 2 aromatic carbocycles. The van der Waals surface area contributed by atoms with Crippen LogP contribution in [0.25, 0.3) is 0 Å². The van der Waals surface area contributed by atoms with Crippen molar-refractivity contribution in [2.24, 2.45) is 0 Å². The number of carbonyl (C=O) groups excluding carboxylic acids is 1. The van der Waals surface area contributed by atoms with E-state index in [0.717, 1.165) is 5.56 Å². The van der Waals surface area contributed by atoms with E-state index >= 15 is 0 Å².